The van der Waals surface area contributed by atoms with Gasteiger partial charge in [0.15, 0.2) is 5.69 Å². The summed E-state index contributed by atoms with van der Waals surface area (Å²) in [6.07, 6.45) is 3.51. The predicted octanol–water partition coefficient (Wildman–Crippen LogP) is 1.43. The van der Waals surface area contributed by atoms with Gasteiger partial charge in [0.25, 0.3) is 11.8 Å². The molecule has 1 aromatic carbocycles. The van der Waals surface area contributed by atoms with Gasteiger partial charge in [-0.3, -0.25) is 14.0 Å². The van der Waals surface area contributed by atoms with Crippen LogP contribution in [0.3, 0.4) is 0 Å². The van der Waals surface area contributed by atoms with Gasteiger partial charge in [0, 0.05) is 36.3 Å². The van der Waals surface area contributed by atoms with Crippen LogP contribution in [0.15, 0.2) is 48.7 Å². The monoisotopic (exact) mass is 400 g/mol. The number of aromatic nitrogens is 2. The minimum atomic E-state index is -1.63. The number of nitrogens with two attached hydrogens (primary N) is 1. The van der Waals surface area contributed by atoms with Crippen LogP contribution in [-0.2, 0) is 4.79 Å². The van der Waals surface area contributed by atoms with Crippen LogP contribution in [0.4, 0.5) is 0 Å². The number of likely N-dealkylation sites (N-methyl/N-ethyl adjacent to an activating group) is 1. The number of amides is 2. The summed E-state index contributed by atoms with van der Waals surface area (Å²) in [5.41, 5.74) is 6.08. The Balaban J connectivity index is 1.55. The molecule has 2 amide bonds. The van der Waals surface area contributed by atoms with Crippen LogP contribution in [0.25, 0.3) is 16.9 Å². The molecule has 3 atom stereocenters. The Bertz CT molecular complexity index is 1270. The largest absolute Gasteiger partial charge is 0.369 e. The molecule has 0 spiro atoms. The lowest BCUT2D eigenvalue weighted by atomic mass is 9.72. The van der Waals surface area contributed by atoms with Crippen LogP contribution < -0.4 is 5.73 Å². The van der Waals surface area contributed by atoms with E-state index in [2.05, 4.69) is 16.8 Å². The predicted molar refractivity (Wildman–Crippen MR) is 110 cm³/mol. The standard InChI is InChI=1S/C23H20N4O3/c1-26-17-9-8-16(17)23(30,22(26)29)11-10-14-5-4-6-15(13-14)21-25-19(20(24)28)18-7-2-3-12-27(18)21/h2-7,12-13,16-17,30H,8-9H2,1H3,(H2,24,28)/t16-,17+,23-/m1/s1. The van der Waals surface area contributed by atoms with Crippen molar-refractivity contribution in [1.29, 1.82) is 0 Å². The lowest BCUT2D eigenvalue weighted by Crippen LogP contribution is -2.44. The summed E-state index contributed by atoms with van der Waals surface area (Å²) in [4.78, 5) is 30.4. The number of primary amides is 1. The third kappa shape index (κ3) is 2.54. The average molecular weight is 400 g/mol. The molecular formula is C23H20N4O3. The van der Waals surface area contributed by atoms with E-state index in [0.717, 1.165) is 18.4 Å². The fourth-order valence-electron chi connectivity index (χ4n) is 4.48. The lowest BCUT2D eigenvalue weighted by molar-refractivity contribution is -0.138. The Morgan fingerprint density at radius 1 is 1.27 bits per heavy atom. The first-order valence-electron chi connectivity index (χ1n) is 9.80. The Morgan fingerprint density at radius 2 is 2.10 bits per heavy atom. The Hall–Kier alpha value is -3.63. The summed E-state index contributed by atoms with van der Waals surface area (Å²) in [6.45, 7) is 0. The highest BCUT2D eigenvalue weighted by atomic mass is 16.3. The van der Waals surface area contributed by atoms with Crippen molar-refractivity contribution < 1.29 is 14.7 Å². The molecule has 30 heavy (non-hydrogen) atoms. The van der Waals surface area contributed by atoms with E-state index in [4.69, 9.17) is 5.73 Å². The second-order valence-electron chi connectivity index (χ2n) is 7.87. The Labute approximate surface area is 173 Å². The van der Waals surface area contributed by atoms with Gasteiger partial charge in [-0.2, -0.15) is 0 Å². The zero-order valence-corrected chi connectivity index (χ0v) is 16.4. The van der Waals surface area contributed by atoms with E-state index in [1.807, 2.05) is 42.6 Å². The maximum atomic E-state index is 12.5. The fraction of sp³-hybridized carbons (Fsp3) is 0.261. The number of nitrogens with zero attached hydrogens (tertiary/aromatic N) is 3. The molecule has 0 unspecified atom stereocenters. The van der Waals surface area contributed by atoms with E-state index < -0.39 is 11.5 Å². The summed E-state index contributed by atoms with van der Waals surface area (Å²) in [6, 6.07) is 12.9. The fourth-order valence-corrected chi connectivity index (χ4v) is 4.48. The topological polar surface area (TPSA) is 101 Å². The summed E-state index contributed by atoms with van der Waals surface area (Å²) in [7, 11) is 1.72. The number of hydrogen-bond acceptors (Lipinski definition) is 4. The first-order valence-corrected chi connectivity index (χ1v) is 9.80. The molecule has 1 aliphatic heterocycles. The highest BCUT2D eigenvalue weighted by Crippen LogP contribution is 2.46. The van der Waals surface area contributed by atoms with E-state index >= 15 is 0 Å². The summed E-state index contributed by atoms with van der Waals surface area (Å²) >= 11 is 0. The molecule has 1 saturated carbocycles. The number of pyridine rings is 1. The molecule has 150 valence electrons. The molecule has 7 nitrogen and oxygen atoms in total. The van der Waals surface area contributed by atoms with Gasteiger partial charge < -0.3 is 15.7 Å². The van der Waals surface area contributed by atoms with Crippen molar-refractivity contribution in [3.05, 3.63) is 59.9 Å². The number of benzene rings is 1. The van der Waals surface area contributed by atoms with Crippen molar-refractivity contribution in [2.24, 2.45) is 11.7 Å². The molecule has 2 fully saturated rings. The van der Waals surface area contributed by atoms with E-state index in [1.165, 1.54) is 0 Å². The SMILES string of the molecule is CN1C(=O)[C@@](O)(C#Cc2cccc(-c3nc(C(N)=O)c4ccccn34)c2)[C@@H]2CC[C@@H]21. The molecule has 0 bridgehead atoms. The molecule has 7 heteroatoms. The Morgan fingerprint density at radius 3 is 2.80 bits per heavy atom. The van der Waals surface area contributed by atoms with Crippen molar-refractivity contribution in [2.75, 3.05) is 7.05 Å². The molecule has 2 aromatic heterocycles. The van der Waals surface area contributed by atoms with Gasteiger partial charge in [-0.15, -0.1) is 0 Å². The minimum absolute atomic E-state index is 0.0756. The molecule has 1 saturated heterocycles. The number of hydrogen-bond donors (Lipinski definition) is 2. The number of carbonyl (C=O) groups excluding carboxylic acids is 2. The first-order chi connectivity index (χ1) is 14.4. The number of rotatable bonds is 2. The number of likely N-dealkylation sites (tertiary alicyclic amines) is 1. The quantitative estimate of drug-likeness (QED) is 0.636. The lowest BCUT2D eigenvalue weighted by Gasteiger charge is -2.35. The summed E-state index contributed by atoms with van der Waals surface area (Å²) < 4.78 is 1.80. The smallest absolute Gasteiger partial charge is 0.269 e. The molecular weight excluding hydrogens is 380 g/mol. The highest BCUT2D eigenvalue weighted by Gasteiger charge is 2.60. The van der Waals surface area contributed by atoms with Gasteiger partial charge >= 0.3 is 0 Å². The van der Waals surface area contributed by atoms with Gasteiger partial charge in [0.2, 0.25) is 5.60 Å². The molecule has 3 heterocycles. The number of imidazole rings is 1. The zero-order chi connectivity index (χ0) is 21.0. The third-order valence-electron chi connectivity index (χ3n) is 6.22. The maximum Gasteiger partial charge on any atom is 0.269 e. The minimum Gasteiger partial charge on any atom is -0.369 e. The van der Waals surface area contributed by atoms with Crippen molar-refractivity contribution in [1.82, 2.24) is 14.3 Å². The van der Waals surface area contributed by atoms with Crippen LogP contribution in [0.1, 0.15) is 28.9 Å². The van der Waals surface area contributed by atoms with E-state index in [9.17, 15) is 14.7 Å². The van der Waals surface area contributed by atoms with E-state index in [1.54, 1.807) is 22.4 Å². The van der Waals surface area contributed by atoms with Gasteiger partial charge in [-0.05, 0) is 37.1 Å². The van der Waals surface area contributed by atoms with Gasteiger partial charge in [-0.25, -0.2) is 4.98 Å². The third-order valence-corrected chi connectivity index (χ3v) is 6.22. The van der Waals surface area contributed by atoms with Crippen molar-refractivity contribution >= 4 is 17.3 Å². The number of carbonyl (C=O) groups is 2. The zero-order valence-electron chi connectivity index (χ0n) is 16.4. The molecule has 3 N–H and O–H groups in total. The average Bonchev–Trinajstić information content (AvgIpc) is 3.16. The van der Waals surface area contributed by atoms with Crippen molar-refractivity contribution in [2.45, 2.75) is 24.5 Å². The molecule has 0 radical (unpaired) electrons. The highest BCUT2D eigenvalue weighted by molar-refractivity contribution is 5.99. The first kappa shape index (κ1) is 18.4. The molecule has 2 aliphatic rings. The van der Waals surface area contributed by atoms with Crippen LogP contribution >= 0.6 is 0 Å². The molecule has 1 aliphatic carbocycles. The van der Waals surface area contributed by atoms with Gasteiger partial charge in [0.1, 0.15) is 5.82 Å². The van der Waals surface area contributed by atoms with Crippen LogP contribution in [0, 0.1) is 17.8 Å². The van der Waals surface area contributed by atoms with E-state index in [0.29, 0.717) is 16.9 Å². The van der Waals surface area contributed by atoms with Crippen molar-refractivity contribution in [3.8, 4) is 23.2 Å². The van der Waals surface area contributed by atoms with Crippen molar-refractivity contribution in [3.63, 3.8) is 0 Å². The number of fused-ring (bicyclic) bond motifs is 2. The summed E-state index contributed by atoms with van der Waals surface area (Å²) in [5, 5.41) is 10.9. The summed E-state index contributed by atoms with van der Waals surface area (Å²) in [5.74, 6) is 5.32. The van der Waals surface area contributed by atoms with Crippen LogP contribution in [0.5, 0.6) is 0 Å². The number of aliphatic hydroxyl groups is 1. The van der Waals surface area contributed by atoms with Gasteiger partial charge in [-0.1, -0.05) is 30.0 Å². The maximum absolute atomic E-state index is 12.5. The second-order valence-corrected chi connectivity index (χ2v) is 7.87. The van der Waals surface area contributed by atoms with E-state index in [-0.39, 0.29) is 23.6 Å². The second kappa shape index (κ2) is 6.44. The normalized spacial score (nSPS) is 24.9. The molecule has 5 rings (SSSR count). The Kier molecular flexibility index (Phi) is 3.95. The molecule has 3 aromatic rings. The van der Waals surface area contributed by atoms with Gasteiger partial charge in [0.05, 0.1) is 5.52 Å². The van der Waals surface area contributed by atoms with Crippen LogP contribution in [0.2, 0.25) is 0 Å². The van der Waals surface area contributed by atoms with Crippen LogP contribution in [-0.4, -0.2) is 49.9 Å².